The summed E-state index contributed by atoms with van der Waals surface area (Å²) in [7, 11) is 0. The second kappa shape index (κ2) is 5.63. The zero-order valence-electron chi connectivity index (χ0n) is 14.6. The van der Waals surface area contributed by atoms with Crippen LogP contribution in [0.1, 0.15) is 43.6 Å². The van der Waals surface area contributed by atoms with E-state index in [1.807, 2.05) is 12.1 Å². The van der Waals surface area contributed by atoms with Crippen LogP contribution in [-0.4, -0.2) is 36.1 Å². The standard InChI is InChI=1S/C20H23N3O2/c1-2-22-11-9-20(10-12-22)23-17(15-6-3-4-7-18(15)25-20)14-16(21-23)19-8-5-13-24-19/h3-8,13,17H,2,9-12,14H2,1H3/p+1/t17-/m1/s1. The van der Waals surface area contributed by atoms with Crippen molar-refractivity contribution in [2.75, 3.05) is 19.6 Å². The first-order chi connectivity index (χ1) is 12.3. The molecule has 5 heteroatoms. The molecule has 1 fully saturated rings. The molecular formula is C20H24N3O2+. The summed E-state index contributed by atoms with van der Waals surface area (Å²) in [6, 6.07) is 12.6. The predicted octanol–water partition coefficient (Wildman–Crippen LogP) is 2.22. The SMILES string of the molecule is CC[NH+]1CCC2(CC1)Oc1ccccc1[C@H]1CC(c3ccco3)=NN12. The van der Waals surface area contributed by atoms with Crippen LogP contribution in [0.4, 0.5) is 0 Å². The van der Waals surface area contributed by atoms with E-state index >= 15 is 0 Å². The molecule has 0 unspecified atom stereocenters. The maximum Gasteiger partial charge on any atom is 0.208 e. The quantitative estimate of drug-likeness (QED) is 0.913. The van der Waals surface area contributed by atoms with Crippen LogP contribution in [0.3, 0.4) is 0 Å². The third kappa shape index (κ3) is 2.29. The number of hydrazone groups is 1. The highest BCUT2D eigenvalue weighted by atomic mass is 16.5. The molecule has 0 aliphatic carbocycles. The second-order valence-electron chi connectivity index (χ2n) is 7.28. The number of nitrogens with zero attached hydrogens (tertiary/aromatic N) is 2. The van der Waals surface area contributed by atoms with Crippen LogP contribution in [-0.2, 0) is 0 Å². The summed E-state index contributed by atoms with van der Waals surface area (Å²) in [5.74, 6) is 1.90. The number of piperidine rings is 1. The van der Waals surface area contributed by atoms with E-state index in [9.17, 15) is 0 Å². The predicted molar refractivity (Wildman–Crippen MR) is 94.7 cm³/mol. The molecule has 130 valence electrons. The molecule has 0 radical (unpaired) electrons. The van der Waals surface area contributed by atoms with E-state index in [2.05, 4.69) is 36.2 Å². The van der Waals surface area contributed by atoms with Gasteiger partial charge in [0.1, 0.15) is 17.2 Å². The first-order valence-electron chi connectivity index (χ1n) is 9.31. The van der Waals surface area contributed by atoms with Crippen LogP contribution in [0.5, 0.6) is 5.75 Å². The van der Waals surface area contributed by atoms with E-state index in [1.54, 1.807) is 11.2 Å². The fourth-order valence-electron chi connectivity index (χ4n) is 4.50. The molecule has 5 nitrogen and oxygen atoms in total. The molecule has 1 saturated heterocycles. The maximum atomic E-state index is 6.61. The van der Waals surface area contributed by atoms with Gasteiger partial charge in [-0.1, -0.05) is 18.2 Å². The molecule has 1 atom stereocenters. The van der Waals surface area contributed by atoms with Crippen molar-refractivity contribution in [1.82, 2.24) is 5.01 Å². The van der Waals surface area contributed by atoms with E-state index in [0.717, 1.165) is 49.6 Å². The van der Waals surface area contributed by atoms with E-state index in [0.29, 0.717) is 0 Å². The largest absolute Gasteiger partial charge is 0.466 e. The Balaban J connectivity index is 1.56. The highest BCUT2D eigenvalue weighted by molar-refractivity contribution is 5.99. The minimum absolute atomic E-state index is 0.244. The van der Waals surface area contributed by atoms with E-state index in [1.165, 1.54) is 12.1 Å². The lowest BCUT2D eigenvalue weighted by Gasteiger charge is -2.50. The van der Waals surface area contributed by atoms with Crippen LogP contribution < -0.4 is 9.64 Å². The number of furan rings is 1. The molecule has 1 aromatic carbocycles. The average Bonchev–Trinajstić information content (AvgIpc) is 3.33. The topological polar surface area (TPSA) is 42.4 Å². The lowest BCUT2D eigenvalue weighted by molar-refractivity contribution is -0.906. The third-order valence-corrected chi connectivity index (χ3v) is 5.95. The Morgan fingerprint density at radius 2 is 2.04 bits per heavy atom. The molecule has 1 spiro atoms. The first kappa shape index (κ1) is 15.0. The number of likely N-dealkylation sites (tertiary alicyclic amines) is 1. The van der Waals surface area contributed by atoms with Gasteiger partial charge in [-0.3, -0.25) is 0 Å². The Kier molecular flexibility index (Phi) is 3.38. The fourth-order valence-corrected chi connectivity index (χ4v) is 4.50. The number of hydrogen-bond donors (Lipinski definition) is 1. The number of rotatable bonds is 2. The number of hydrogen-bond acceptors (Lipinski definition) is 4. The summed E-state index contributed by atoms with van der Waals surface area (Å²) in [6.45, 7) is 5.70. The third-order valence-electron chi connectivity index (χ3n) is 5.95. The van der Waals surface area contributed by atoms with Gasteiger partial charge in [-0.2, -0.15) is 5.10 Å². The molecule has 3 aliphatic heterocycles. The smallest absolute Gasteiger partial charge is 0.208 e. The van der Waals surface area contributed by atoms with E-state index in [4.69, 9.17) is 14.3 Å². The molecule has 1 aromatic heterocycles. The lowest BCUT2D eigenvalue weighted by atomic mass is 9.91. The summed E-state index contributed by atoms with van der Waals surface area (Å²) >= 11 is 0. The highest BCUT2D eigenvalue weighted by Crippen LogP contribution is 2.49. The maximum absolute atomic E-state index is 6.61. The van der Waals surface area contributed by atoms with Crippen LogP contribution in [0, 0.1) is 0 Å². The summed E-state index contributed by atoms with van der Waals surface area (Å²) in [5, 5.41) is 7.25. The van der Waals surface area contributed by atoms with Gasteiger partial charge in [-0.05, 0) is 25.1 Å². The van der Waals surface area contributed by atoms with Gasteiger partial charge in [0.05, 0.1) is 44.8 Å². The Hall–Kier alpha value is -2.27. The van der Waals surface area contributed by atoms with Crippen molar-refractivity contribution < 1.29 is 14.1 Å². The van der Waals surface area contributed by atoms with Crippen molar-refractivity contribution in [1.29, 1.82) is 0 Å². The number of nitrogens with one attached hydrogen (secondary N) is 1. The molecular weight excluding hydrogens is 314 g/mol. The molecule has 2 aromatic rings. The van der Waals surface area contributed by atoms with Crippen LogP contribution >= 0.6 is 0 Å². The van der Waals surface area contributed by atoms with Gasteiger partial charge in [0, 0.05) is 12.0 Å². The zero-order chi connectivity index (χ0) is 16.9. The van der Waals surface area contributed by atoms with Crippen molar-refractivity contribution in [3.05, 3.63) is 54.0 Å². The number of quaternary nitrogens is 1. The number of benzene rings is 1. The Morgan fingerprint density at radius 1 is 1.20 bits per heavy atom. The van der Waals surface area contributed by atoms with Gasteiger partial charge in [0.25, 0.3) is 0 Å². The molecule has 5 rings (SSSR count). The normalized spacial score (nSPS) is 30.6. The molecule has 1 N–H and O–H groups in total. The van der Waals surface area contributed by atoms with Gasteiger partial charge in [-0.15, -0.1) is 0 Å². The van der Waals surface area contributed by atoms with Gasteiger partial charge in [0.2, 0.25) is 5.72 Å². The second-order valence-corrected chi connectivity index (χ2v) is 7.28. The Morgan fingerprint density at radius 3 is 2.80 bits per heavy atom. The number of ether oxygens (including phenoxy) is 1. The Labute approximate surface area is 147 Å². The van der Waals surface area contributed by atoms with Gasteiger partial charge in [-0.25, -0.2) is 5.01 Å². The van der Waals surface area contributed by atoms with Crippen LogP contribution in [0.25, 0.3) is 0 Å². The van der Waals surface area contributed by atoms with E-state index < -0.39 is 0 Å². The highest BCUT2D eigenvalue weighted by Gasteiger charge is 2.52. The zero-order valence-corrected chi connectivity index (χ0v) is 14.6. The lowest BCUT2D eigenvalue weighted by Crippen LogP contribution is -3.13. The first-order valence-corrected chi connectivity index (χ1v) is 9.31. The summed E-state index contributed by atoms with van der Waals surface area (Å²) in [5.41, 5.74) is 1.95. The van der Waals surface area contributed by atoms with Crippen molar-refractivity contribution in [2.24, 2.45) is 5.10 Å². The van der Waals surface area contributed by atoms with Crippen molar-refractivity contribution in [3.63, 3.8) is 0 Å². The van der Waals surface area contributed by atoms with Crippen LogP contribution in [0.15, 0.2) is 52.2 Å². The van der Waals surface area contributed by atoms with Crippen LogP contribution in [0.2, 0.25) is 0 Å². The van der Waals surface area contributed by atoms with Crippen molar-refractivity contribution >= 4 is 5.71 Å². The summed E-state index contributed by atoms with van der Waals surface area (Å²) < 4.78 is 12.2. The molecule has 3 aliphatic rings. The van der Waals surface area contributed by atoms with Gasteiger partial charge in [0.15, 0.2) is 0 Å². The molecule has 0 saturated carbocycles. The minimum atomic E-state index is -0.313. The molecule has 0 bridgehead atoms. The number of para-hydroxylation sites is 1. The fraction of sp³-hybridized carbons (Fsp3) is 0.450. The average molecular weight is 338 g/mol. The summed E-state index contributed by atoms with van der Waals surface area (Å²) in [4.78, 5) is 1.65. The molecule has 25 heavy (non-hydrogen) atoms. The monoisotopic (exact) mass is 338 g/mol. The van der Waals surface area contributed by atoms with E-state index in [-0.39, 0.29) is 11.8 Å². The minimum Gasteiger partial charge on any atom is -0.466 e. The number of fused-ring (bicyclic) bond motifs is 4. The molecule has 4 heterocycles. The van der Waals surface area contributed by atoms with Crippen molar-refractivity contribution in [2.45, 2.75) is 38.0 Å². The van der Waals surface area contributed by atoms with Crippen molar-refractivity contribution in [3.8, 4) is 5.75 Å². The van der Waals surface area contributed by atoms with Gasteiger partial charge >= 0.3 is 0 Å². The van der Waals surface area contributed by atoms with Gasteiger partial charge < -0.3 is 14.1 Å². The Bertz CT molecular complexity index is 791. The molecule has 0 amide bonds. The summed E-state index contributed by atoms with van der Waals surface area (Å²) in [6.07, 6.45) is 4.62.